The molecule has 27 heavy (non-hydrogen) atoms. The number of carbonyl (C=O) groups is 2. The van der Waals surface area contributed by atoms with E-state index in [1.54, 1.807) is 24.3 Å². The van der Waals surface area contributed by atoms with Gasteiger partial charge in [0.2, 0.25) is 0 Å². The lowest BCUT2D eigenvalue weighted by atomic mass is 10.1. The van der Waals surface area contributed by atoms with Crippen molar-refractivity contribution in [3.8, 4) is 0 Å². The number of quaternary nitrogens is 1. The molecule has 1 saturated heterocycles. The maximum atomic E-state index is 13.0. The number of hydrogen-bond donors (Lipinski definition) is 3. The highest BCUT2D eigenvalue weighted by molar-refractivity contribution is 6.10. The lowest BCUT2D eigenvalue weighted by Crippen LogP contribution is -3.12. The summed E-state index contributed by atoms with van der Waals surface area (Å²) < 4.78 is 13.0. The molecule has 6 heteroatoms. The van der Waals surface area contributed by atoms with Gasteiger partial charge in [-0.25, -0.2) is 4.39 Å². The highest BCUT2D eigenvalue weighted by atomic mass is 19.1. The Kier molecular flexibility index (Phi) is 6.54. The average Bonchev–Trinajstić information content (AvgIpc) is 2.92. The number of amides is 2. The predicted molar refractivity (Wildman–Crippen MR) is 103 cm³/mol. The molecule has 0 spiro atoms. The van der Waals surface area contributed by atoms with Crippen molar-refractivity contribution in [2.45, 2.75) is 25.7 Å². The molecule has 0 aliphatic carbocycles. The smallest absolute Gasteiger partial charge is 0.279 e. The summed E-state index contributed by atoms with van der Waals surface area (Å²) in [5, 5.41) is 5.60. The van der Waals surface area contributed by atoms with Gasteiger partial charge in [-0.15, -0.1) is 0 Å². The van der Waals surface area contributed by atoms with Gasteiger partial charge in [0, 0.05) is 5.69 Å². The summed E-state index contributed by atoms with van der Waals surface area (Å²) in [6.45, 7) is 2.44. The molecule has 2 aromatic carbocycles. The van der Waals surface area contributed by atoms with Crippen LogP contribution in [0.4, 0.5) is 15.8 Å². The van der Waals surface area contributed by atoms with Crippen molar-refractivity contribution in [2.24, 2.45) is 0 Å². The Labute approximate surface area is 158 Å². The second-order valence-electron chi connectivity index (χ2n) is 6.90. The first-order chi connectivity index (χ1) is 13.1. The van der Waals surface area contributed by atoms with Crippen LogP contribution >= 0.6 is 0 Å². The lowest BCUT2D eigenvalue weighted by molar-refractivity contribution is -0.890. The topological polar surface area (TPSA) is 62.6 Å². The maximum Gasteiger partial charge on any atom is 0.279 e. The van der Waals surface area contributed by atoms with E-state index in [0.29, 0.717) is 23.5 Å². The predicted octanol–water partition coefficient (Wildman–Crippen LogP) is 2.48. The summed E-state index contributed by atoms with van der Waals surface area (Å²) in [6, 6.07) is 12.5. The number of carbonyl (C=O) groups excluding carboxylic acids is 2. The Morgan fingerprint density at radius 2 is 1.56 bits per heavy atom. The van der Waals surface area contributed by atoms with Crippen molar-refractivity contribution < 1.29 is 18.9 Å². The van der Waals surface area contributed by atoms with E-state index < -0.39 is 0 Å². The molecule has 3 N–H and O–H groups in total. The Bertz CT molecular complexity index is 784. The molecular formula is C21H25FN3O2+. The molecule has 5 nitrogen and oxygen atoms in total. The van der Waals surface area contributed by atoms with Crippen LogP contribution in [0.3, 0.4) is 0 Å². The number of rotatable bonds is 5. The summed E-state index contributed by atoms with van der Waals surface area (Å²) in [5.41, 5.74) is 1.36. The number of nitrogens with one attached hydrogen (secondary N) is 3. The third-order valence-corrected chi connectivity index (χ3v) is 4.77. The van der Waals surface area contributed by atoms with Crippen molar-refractivity contribution in [1.82, 2.24) is 0 Å². The second kappa shape index (κ2) is 9.28. The van der Waals surface area contributed by atoms with Crippen LogP contribution in [0.5, 0.6) is 0 Å². The minimum Gasteiger partial charge on any atom is -0.327 e. The van der Waals surface area contributed by atoms with Gasteiger partial charge >= 0.3 is 0 Å². The fourth-order valence-electron chi connectivity index (χ4n) is 3.35. The molecule has 1 heterocycles. The van der Waals surface area contributed by atoms with Crippen molar-refractivity contribution in [3.63, 3.8) is 0 Å². The molecule has 0 saturated carbocycles. The highest BCUT2D eigenvalue weighted by Crippen LogP contribution is 2.17. The Hall–Kier alpha value is -2.73. The van der Waals surface area contributed by atoms with E-state index in [1.807, 2.05) is 0 Å². The molecule has 142 valence electrons. The molecule has 2 amide bonds. The van der Waals surface area contributed by atoms with Crippen LogP contribution < -0.4 is 15.5 Å². The number of likely N-dealkylation sites (tertiary alicyclic amines) is 1. The van der Waals surface area contributed by atoms with Crippen LogP contribution in [0.2, 0.25) is 0 Å². The van der Waals surface area contributed by atoms with Crippen LogP contribution in [0, 0.1) is 5.82 Å². The first-order valence-corrected chi connectivity index (χ1v) is 9.41. The van der Waals surface area contributed by atoms with Gasteiger partial charge in [0.15, 0.2) is 6.54 Å². The molecule has 0 atom stereocenters. The van der Waals surface area contributed by atoms with Crippen LogP contribution in [-0.2, 0) is 4.79 Å². The third-order valence-electron chi connectivity index (χ3n) is 4.77. The van der Waals surface area contributed by atoms with E-state index in [4.69, 9.17) is 0 Å². The highest BCUT2D eigenvalue weighted by Gasteiger charge is 2.18. The zero-order valence-electron chi connectivity index (χ0n) is 15.3. The summed E-state index contributed by atoms with van der Waals surface area (Å²) in [5.74, 6) is -0.801. The summed E-state index contributed by atoms with van der Waals surface area (Å²) >= 11 is 0. The molecule has 0 unspecified atom stereocenters. The summed E-state index contributed by atoms with van der Waals surface area (Å²) in [4.78, 5) is 26.3. The van der Waals surface area contributed by atoms with Gasteiger partial charge in [-0.2, -0.15) is 0 Å². The fraction of sp³-hybridized carbons (Fsp3) is 0.333. The minimum absolute atomic E-state index is 0.0890. The lowest BCUT2D eigenvalue weighted by Gasteiger charge is -2.17. The zero-order chi connectivity index (χ0) is 19.1. The number of anilines is 2. The van der Waals surface area contributed by atoms with E-state index >= 15 is 0 Å². The van der Waals surface area contributed by atoms with Gasteiger partial charge in [0.25, 0.3) is 11.8 Å². The first kappa shape index (κ1) is 19.0. The van der Waals surface area contributed by atoms with Crippen molar-refractivity contribution in [2.75, 3.05) is 30.3 Å². The van der Waals surface area contributed by atoms with Crippen molar-refractivity contribution in [1.29, 1.82) is 0 Å². The number of halogens is 1. The number of hydrogen-bond acceptors (Lipinski definition) is 2. The van der Waals surface area contributed by atoms with Crippen molar-refractivity contribution >= 4 is 23.2 Å². The molecule has 2 aromatic rings. The number of para-hydroxylation sites is 1. The molecular weight excluding hydrogens is 345 g/mol. The number of benzene rings is 2. The Morgan fingerprint density at radius 1 is 0.889 bits per heavy atom. The van der Waals surface area contributed by atoms with E-state index in [9.17, 15) is 14.0 Å². The van der Waals surface area contributed by atoms with Crippen LogP contribution in [-0.4, -0.2) is 31.4 Å². The van der Waals surface area contributed by atoms with Gasteiger partial charge in [-0.1, -0.05) is 12.1 Å². The van der Waals surface area contributed by atoms with Gasteiger partial charge in [0.05, 0.1) is 24.3 Å². The quantitative estimate of drug-likeness (QED) is 0.757. The normalized spacial score (nSPS) is 15.0. The first-order valence-electron chi connectivity index (χ1n) is 9.41. The maximum absolute atomic E-state index is 13.0. The molecule has 0 aromatic heterocycles. The molecule has 1 fully saturated rings. The van der Waals surface area contributed by atoms with E-state index in [-0.39, 0.29) is 17.6 Å². The van der Waals surface area contributed by atoms with E-state index in [0.717, 1.165) is 25.9 Å². The summed E-state index contributed by atoms with van der Waals surface area (Å²) in [6.07, 6.45) is 4.77. The van der Waals surface area contributed by atoms with E-state index in [2.05, 4.69) is 10.6 Å². The second-order valence-corrected chi connectivity index (χ2v) is 6.90. The summed E-state index contributed by atoms with van der Waals surface area (Å²) in [7, 11) is 0. The van der Waals surface area contributed by atoms with Gasteiger partial charge in [-0.05, 0) is 62.1 Å². The van der Waals surface area contributed by atoms with Gasteiger partial charge in [-0.3, -0.25) is 9.59 Å². The molecule has 1 aliphatic heterocycles. The zero-order valence-corrected chi connectivity index (χ0v) is 15.3. The van der Waals surface area contributed by atoms with Gasteiger partial charge < -0.3 is 15.5 Å². The molecule has 3 rings (SSSR count). The SMILES string of the molecule is O=C(C[NH+]1CCCCCC1)Nc1ccccc1C(=O)Nc1ccc(F)cc1. The standard InChI is InChI=1S/C21H24FN3O2/c22-16-9-11-17(12-10-16)23-21(27)18-7-3-4-8-19(18)24-20(26)15-25-13-5-1-2-6-14-25/h3-4,7-12H,1-2,5-6,13-15H2,(H,23,27)(H,24,26)/p+1. The largest absolute Gasteiger partial charge is 0.327 e. The van der Waals surface area contributed by atoms with Crippen LogP contribution in [0.1, 0.15) is 36.0 Å². The molecule has 1 aliphatic rings. The van der Waals surface area contributed by atoms with Crippen LogP contribution in [0.15, 0.2) is 48.5 Å². The molecule has 0 radical (unpaired) electrons. The Balaban J connectivity index is 1.64. The third kappa shape index (κ3) is 5.62. The Morgan fingerprint density at radius 3 is 2.26 bits per heavy atom. The van der Waals surface area contributed by atoms with Gasteiger partial charge in [0.1, 0.15) is 5.82 Å². The monoisotopic (exact) mass is 370 g/mol. The minimum atomic E-state index is -0.364. The average molecular weight is 370 g/mol. The van der Waals surface area contributed by atoms with Crippen LogP contribution in [0.25, 0.3) is 0 Å². The fourth-order valence-corrected chi connectivity index (χ4v) is 3.35. The molecule has 0 bridgehead atoms. The van der Waals surface area contributed by atoms with E-state index in [1.165, 1.54) is 42.0 Å². The van der Waals surface area contributed by atoms with Crippen molar-refractivity contribution in [3.05, 3.63) is 59.9 Å².